The lowest BCUT2D eigenvalue weighted by atomic mass is 10.1. The topological polar surface area (TPSA) is 99.5 Å². The van der Waals surface area contributed by atoms with Gasteiger partial charge < -0.3 is 14.8 Å². The number of ether oxygens (including phenoxy) is 2. The van der Waals surface area contributed by atoms with Gasteiger partial charge in [0.2, 0.25) is 0 Å². The second-order valence-corrected chi connectivity index (χ2v) is 8.33. The van der Waals surface area contributed by atoms with Gasteiger partial charge in [0.05, 0.1) is 17.7 Å². The Morgan fingerprint density at radius 1 is 1.11 bits per heavy atom. The van der Waals surface area contributed by atoms with Crippen molar-refractivity contribution in [3.8, 4) is 11.4 Å². The van der Waals surface area contributed by atoms with Gasteiger partial charge in [0.25, 0.3) is 11.5 Å². The zero-order chi connectivity index (χ0) is 26.0. The van der Waals surface area contributed by atoms with Crippen LogP contribution in [0.25, 0.3) is 16.5 Å². The fraction of sp³-hybridized carbons (Fsp3) is 0.167. The van der Waals surface area contributed by atoms with Gasteiger partial charge in [0, 0.05) is 16.3 Å². The molecule has 4 aromatic rings. The second-order valence-electron chi connectivity index (χ2n) is 7.45. The number of aromatic nitrogens is 2. The predicted octanol–water partition coefficient (Wildman–Crippen LogP) is 5.08. The molecule has 0 bridgehead atoms. The van der Waals surface area contributed by atoms with Gasteiger partial charge in [-0.3, -0.25) is 9.59 Å². The van der Waals surface area contributed by atoms with Crippen LogP contribution < -0.4 is 15.6 Å². The van der Waals surface area contributed by atoms with Crippen molar-refractivity contribution in [1.82, 2.24) is 9.78 Å². The Balaban J connectivity index is 1.83. The molecule has 186 valence electrons. The van der Waals surface area contributed by atoms with E-state index < -0.39 is 29.5 Å². The highest BCUT2D eigenvalue weighted by Gasteiger charge is 2.31. The first-order valence-electron chi connectivity index (χ1n) is 10.5. The number of alkyl halides is 3. The lowest BCUT2D eigenvalue weighted by Crippen LogP contribution is -2.25. The lowest BCUT2D eigenvalue weighted by molar-refractivity contribution is -0.274. The van der Waals surface area contributed by atoms with Crippen LogP contribution >= 0.6 is 11.3 Å². The van der Waals surface area contributed by atoms with Crippen LogP contribution in [0.1, 0.15) is 33.3 Å². The summed E-state index contributed by atoms with van der Waals surface area (Å²) in [4.78, 5) is 39.0. The number of halogens is 3. The summed E-state index contributed by atoms with van der Waals surface area (Å²) >= 11 is 1.03. The predicted molar refractivity (Wildman–Crippen MR) is 127 cm³/mol. The molecular weight excluding hydrogens is 499 g/mol. The molecule has 0 saturated heterocycles. The molecule has 1 N–H and O–H groups in total. The zero-order valence-corrected chi connectivity index (χ0v) is 19.7. The Morgan fingerprint density at radius 3 is 2.44 bits per heavy atom. The summed E-state index contributed by atoms with van der Waals surface area (Å²) in [5.41, 5.74) is 0.325. The van der Waals surface area contributed by atoms with Crippen molar-refractivity contribution in [1.29, 1.82) is 0 Å². The fourth-order valence-corrected chi connectivity index (χ4v) is 4.39. The molecular formula is C24H18F3N3O5S. The Morgan fingerprint density at radius 2 is 1.81 bits per heavy atom. The quantitative estimate of drug-likeness (QED) is 0.358. The van der Waals surface area contributed by atoms with Gasteiger partial charge in [-0.15, -0.1) is 24.5 Å². The zero-order valence-electron chi connectivity index (χ0n) is 18.9. The number of esters is 1. The van der Waals surface area contributed by atoms with Gasteiger partial charge in [-0.1, -0.05) is 18.2 Å². The molecule has 0 aliphatic rings. The molecule has 2 heterocycles. The fourth-order valence-electron chi connectivity index (χ4n) is 3.45. The summed E-state index contributed by atoms with van der Waals surface area (Å²) in [5, 5.41) is 8.71. The molecule has 0 saturated carbocycles. The minimum absolute atomic E-state index is 0.00982. The average molecular weight is 517 g/mol. The SMILES string of the molecule is CCOC(=O)c1nn(-c2ccc(OC(F)(F)F)cc2)c(=O)c2c(NC(=O)c3ccccc3C)scc12. The molecule has 0 fully saturated rings. The van der Waals surface area contributed by atoms with Crippen LogP contribution in [0.5, 0.6) is 5.75 Å². The number of carbonyl (C=O) groups excluding carboxylic acids is 2. The number of hydrogen-bond acceptors (Lipinski definition) is 7. The Labute approximate surface area is 205 Å². The molecule has 0 unspecified atom stereocenters. The highest BCUT2D eigenvalue weighted by atomic mass is 32.1. The van der Waals surface area contributed by atoms with Gasteiger partial charge in [0.1, 0.15) is 10.8 Å². The number of hydrogen-bond donors (Lipinski definition) is 1. The molecule has 4 rings (SSSR count). The number of aryl methyl sites for hydroxylation is 1. The van der Waals surface area contributed by atoms with Crippen LogP contribution in [-0.4, -0.2) is 34.6 Å². The van der Waals surface area contributed by atoms with Crippen molar-refractivity contribution in [2.75, 3.05) is 11.9 Å². The van der Waals surface area contributed by atoms with E-state index in [4.69, 9.17) is 4.74 Å². The summed E-state index contributed by atoms with van der Waals surface area (Å²) in [7, 11) is 0. The Kier molecular flexibility index (Phi) is 6.80. The van der Waals surface area contributed by atoms with Crippen molar-refractivity contribution in [3.05, 3.63) is 81.1 Å². The number of benzene rings is 2. The summed E-state index contributed by atoms with van der Waals surface area (Å²) < 4.78 is 47.3. The third-order valence-corrected chi connectivity index (χ3v) is 5.95. The average Bonchev–Trinajstić information content (AvgIpc) is 3.23. The standard InChI is InChI=1S/C24H18F3N3O5S/c1-3-34-23(33)19-17-12-36-21(28-20(31)16-7-5-4-6-13(16)2)18(17)22(32)30(29-19)14-8-10-15(11-9-14)35-24(25,26)27/h4-12H,3H2,1-2H3,(H,28,31). The maximum atomic E-state index is 13.4. The highest BCUT2D eigenvalue weighted by molar-refractivity contribution is 7.16. The van der Waals surface area contributed by atoms with Crippen molar-refractivity contribution >= 4 is 39.0 Å². The van der Waals surface area contributed by atoms with Crippen molar-refractivity contribution in [3.63, 3.8) is 0 Å². The van der Waals surface area contributed by atoms with Crippen LogP contribution in [0.15, 0.2) is 58.7 Å². The molecule has 0 radical (unpaired) electrons. The molecule has 0 aliphatic heterocycles. The number of thiophene rings is 1. The van der Waals surface area contributed by atoms with E-state index in [1.54, 1.807) is 38.1 Å². The normalized spacial score (nSPS) is 11.4. The first-order valence-corrected chi connectivity index (χ1v) is 11.4. The number of nitrogens with zero attached hydrogens (tertiary/aromatic N) is 2. The monoisotopic (exact) mass is 517 g/mol. The third-order valence-electron chi connectivity index (χ3n) is 5.05. The van der Waals surface area contributed by atoms with Crippen LogP contribution in [0.3, 0.4) is 0 Å². The van der Waals surface area contributed by atoms with Crippen molar-refractivity contribution in [2.45, 2.75) is 20.2 Å². The van der Waals surface area contributed by atoms with Gasteiger partial charge in [-0.05, 0) is 49.7 Å². The van der Waals surface area contributed by atoms with Crippen LogP contribution in [0.4, 0.5) is 18.2 Å². The van der Waals surface area contributed by atoms with Crippen LogP contribution in [-0.2, 0) is 4.74 Å². The van der Waals surface area contributed by atoms with Gasteiger partial charge in [-0.25, -0.2) is 4.79 Å². The lowest BCUT2D eigenvalue weighted by Gasteiger charge is -2.12. The smallest absolute Gasteiger partial charge is 0.461 e. The van der Waals surface area contributed by atoms with Gasteiger partial charge in [-0.2, -0.15) is 9.78 Å². The number of rotatable bonds is 6. The van der Waals surface area contributed by atoms with E-state index in [1.165, 1.54) is 17.5 Å². The van der Waals surface area contributed by atoms with E-state index in [0.29, 0.717) is 5.56 Å². The summed E-state index contributed by atoms with van der Waals surface area (Å²) in [5.74, 6) is -1.75. The minimum atomic E-state index is -4.88. The molecule has 2 aromatic heterocycles. The van der Waals surface area contributed by atoms with E-state index in [-0.39, 0.29) is 33.8 Å². The largest absolute Gasteiger partial charge is 0.573 e. The van der Waals surface area contributed by atoms with E-state index in [2.05, 4.69) is 15.2 Å². The molecule has 0 atom stereocenters. The van der Waals surface area contributed by atoms with E-state index in [1.807, 2.05) is 0 Å². The van der Waals surface area contributed by atoms with E-state index in [9.17, 15) is 27.6 Å². The Hall–Kier alpha value is -4.19. The van der Waals surface area contributed by atoms with Gasteiger partial charge >= 0.3 is 12.3 Å². The molecule has 36 heavy (non-hydrogen) atoms. The number of anilines is 1. The molecule has 0 aliphatic carbocycles. The molecule has 2 aromatic carbocycles. The van der Waals surface area contributed by atoms with Crippen molar-refractivity contribution in [2.24, 2.45) is 0 Å². The van der Waals surface area contributed by atoms with Gasteiger partial charge in [0.15, 0.2) is 5.69 Å². The number of carbonyl (C=O) groups is 2. The van der Waals surface area contributed by atoms with Crippen LogP contribution in [0, 0.1) is 6.92 Å². The number of amides is 1. The molecule has 12 heteroatoms. The van der Waals surface area contributed by atoms with Crippen LogP contribution in [0.2, 0.25) is 0 Å². The number of fused-ring (bicyclic) bond motifs is 1. The molecule has 0 spiro atoms. The summed E-state index contributed by atoms with van der Waals surface area (Å²) in [6.07, 6.45) is -4.88. The maximum Gasteiger partial charge on any atom is 0.573 e. The maximum absolute atomic E-state index is 13.4. The molecule has 8 nitrogen and oxygen atoms in total. The van der Waals surface area contributed by atoms with E-state index >= 15 is 0 Å². The number of nitrogens with one attached hydrogen (secondary N) is 1. The Bertz CT molecular complexity index is 1510. The summed E-state index contributed by atoms with van der Waals surface area (Å²) in [6.45, 7) is 3.42. The first-order chi connectivity index (χ1) is 17.1. The molecule has 1 amide bonds. The minimum Gasteiger partial charge on any atom is -0.461 e. The van der Waals surface area contributed by atoms with Crippen molar-refractivity contribution < 1.29 is 32.2 Å². The third kappa shape index (κ3) is 5.08. The van der Waals surface area contributed by atoms with E-state index in [0.717, 1.165) is 33.7 Å². The first kappa shape index (κ1) is 24.9. The highest BCUT2D eigenvalue weighted by Crippen LogP contribution is 2.31. The summed E-state index contributed by atoms with van der Waals surface area (Å²) in [6, 6.07) is 11.3. The second kappa shape index (κ2) is 9.82.